The fraction of sp³-hybridized carbons (Fsp3) is 0.150. The highest BCUT2D eigenvalue weighted by atomic mass is 79.9. The van der Waals surface area contributed by atoms with Crippen LogP contribution in [0.2, 0.25) is 0 Å². The third kappa shape index (κ3) is 3.38. The molecule has 1 unspecified atom stereocenters. The van der Waals surface area contributed by atoms with Gasteiger partial charge in [0.05, 0.1) is 23.3 Å². The Morgan fingerprint density at radius 3 is 2.68 bits per heavy atom. The van der Waals surface area contributed by atoms with E-state index >= 15 is 0 Å². The molecule has 3 aromatic rings. The Labute approximate surface area is 169 Å². The number of carboxylic acid groups (broad SMARTS) is 1. The van der Waals surface area contributed by atoms with Crippen LogP contribution in [0.4, 0.5) is 10.5 Å². The first-order chi connectivity index (χ1) is 13.5. The molecular weight excluding hydrogens is 424 g/mol. The van der Waals surface area contributed by atoms with Gasteiger partial charge in [-0.05, 0) is 29.8 Å². The van der Waals surface area contributed by atoms with E-state index in [1.807, 2.05) is 24.3 Å². The molecule has 1 aromatic heterocycles. The Kier molecular flexibility index (Phi) is 4.87. The summed E-state index contributed by atoms with van der Waals surface area (Å²) in [5.74, 6) is -1.09. The summed E-state index contributed by atoms with van der Waals surface area (Å²) in [5, 5.41) is 12.1. The monoisotopic (exact) mass is 440 g/mol. The molecule has 3 N–H and O–H groups in total. The Morgan fingerprint density at radius 2 is 1.93 bits per heavy atom. The van der Waals surface area contributed by atoms with Gasteiger partial charge in [-0.2, -0.15) is 0 Å². The van der Waals surface area contributed by atoms with E-state index in [4.69, 9.17) is 0 Å². The summed E-state index contributed by atoms with van der Waals surface area (Å²) in [6.07, 6.45) is 2.29. The summed E-state index contributed by atoms with van der Waals surface area (Å²) in [5.41, 5.74) is 3.05. The van der Waals surface area contributed by atoms with Crippen molar-refractivity contribution in [2.75, 3.05) is 11.9 Å². The zero-order chi connectivity index (χ0) is 19.7. The topological polar surface area (TPSA) is 98.3 Å². The number of para-hydroxylation sites is 1. The van der Waals surface area contributed by atoms with Gasteiger partial charge in [0.1, 0.15) is 6.04 Å². The number of halogens is 1. The average molecular weight is 441 g/mol. The van der Waals surface area contributed by atoms with Gasteiger partial charge >= 0.3 is 12.0 Å². The van der Waals surface area contributed by atoms with Crippen molar-refractivity contribution in [2.45, 2.75) is 12.5 Å². The van der Waals surface area contributed by atoms with E-state index < -0.39 is 5.97 Å². The van der Waals surface area contributed by atoms with Crippen LogP contribution in [-0.4, -0.2) is 38.5 Å². The number of carbonyl (C=O) groups excluding carboxylic acids is 1. The molecule has 7 nitrogen and oxygen atoms in total. The zero-order valence-corrected chi connectivity index (χ0v) is 16.3. The number of aromatic nitrogens is 2. The summed E-state index contributed by atoms with van der Waals surface area (Å²) in [7, 11) is 0. The molecule has 2 aromatic carbocycles. The smallest absolute Gasteiger partial charge is 0.337 e. The Bertz CT molecular complexity index is 1030. The van der Waals surface area contributed by atoms with Gasteiger partial charge < -0.3 is 20.3 Å². The van der Waals surface area contributed by atoms with E-state index in [0.717, 1.165) is 21.4 Å². The number of aromatic amines is 1. The first-order valence-electron chi connectivity index (χ1n) is 8.72. The first-order valence-corrected chi connectivity index (χ1v) is 9.51. The second-order valence-corrected chi connectivity index (χ2v) is 7.36. The van der Waals surface area contributed by atoms with Gasteiger partial charge in [0.15, 0.2) is 0 Å². The Balaban J connectivity index is 1.68. The van der Waals surface area contributed by atoms with Crippen molar-refractivity contribution in [3.63, 3.8) is 0 Å². The molecule has 1 aliphatic heterocycles. The van der Waals surface area contributed by atoms with Crippen molar-refractivity contribution in [3.8, 4) is 0 Å². The lowest BCUT2D eigenvalue weighted by atomic mass is 9.96. The number of nitrogens with one attached hydrogen (secondary N) is 2. The number of rotatable bonds is 3. The maximum atomic E-state index is 13.1. The maximum Gasteiger partial charge on any atom is 0.337 e. The number of anilines is 1. The molecule has 0 bridgehead atoms. The number of nitrogens with zero attached hydrogens (tertiary/aromatic N) is 2. The van der Waals surface area contributed by atoms with Gasteiger partial charge in [0.25, 0.3) is 0 Å². The Hall–Kier alpha value is -3.13. The van der Waals surface area contributed by atoms with Gasteiger partial charge in [-0.15, -0.1) is 0 Å². The highest BCUT2D eigenvalue weighted by molar-refractivity contribution is 9.10. The lowest BCUT2D eigenvalue weighted by molar-refractivity contribution is 0.0698. The van der Waals surface area contributed by atoms with Crippen LogP contribution in [0.1, 0.15) is 33.4 Å². The van der Waals surface area contributed by atoms with Crippen LogP contribution in [0, 0.1) is 0 Å². The van der Waals surface area contributed by atoms with Gasteiger partial charge in [0.2, 0.25) is 0 Å². The van der Waals surface area contributed by atoms with Crippen LogP contribution in [0.3, 0.4) is 0 Å². The molecule has 1 atom stereocenters. The number of hydrogen-bond acceptors (Lipinski definition) is 3. The minimum absolute atomic E-state index is 0.0495. The minimum atomic E-state index is -1.09. The summed E-state index contributed by atoms with van der Waals surface area (Å²) in [4.78, 5) is 33.8. The number of hydrogen-bond donors (Lipinski definition) is 3. The molecule has 28 heavy (non-hydrogen) atoms. The van der Waals surface area contributed by atoms with Crippen molar-refractivity contribution in [2.24, 2.45) is 0 Å². The molecule has 0 saturated carbocycles. The average Bonchev–Trinajstić information content (AvgIpc) is 3.17. The van der Waals surface area contributed by atoms with Crippen molar-refractivity contribution in [3.05, 3.63) is 81.8 Å². The van der Waals surface area contributed by atoms with E-state index in [1.165, 1.54) is 6.07 Å². The number of aromatic carboxylic acids is 1. The van der Waals surface area contributed by atoms with Gasteiger partial charge in [0, 0.05) is 23.1 Å². The molecule has 4 rings (SSSR count). The SMILES string of the molecule is O=C(O)c1ccccc1NC(=O)N1CCc2[nH]cnc2C1c1ccc(Br)cc1. The number of amides is 2. The normalized spacial score (nSPS) is 15.8. The largest absolute Gasteiger partial charge is 0.478 e. The van der Waals surface area contributed by atoms with E-state index in [2.05, 4.69) is 31.2 Å². The fourth-order valence-electron chi connectivity index (χ4n) is 3.44. The van der Waals surface area contributed by atoms with Crippen molar-refractivity contribution >= 4 is 33.6 Å². The van der Waals surface area contributed by atoms with E-state index in [9.17, 15) is 14.7 Å². The van der Waals surface area contributed by atoms with Crippen LogP contribution < -0.4 is 5.32 Å². The second kappa shape index (κ2) is 7.47. The zero-order valence-electron chi connectivity index (χ0n) is 14.7. The predicted octanol–water partition coefficient (Wildman–Crippen LogP) is 4.05. The van der Waals surface area contributed by atoms with Crippen molar-refractivity contribution in [1.82, 2.24) is 14.9 Å². The maximum absolute atomic E-state index is 13.1. The molecule has 2 amide bonds. The van der Waals surface area contributed by atoms with Crippen LogP contribution >= 0.6 is 15.9 Å². The van der Waals surface area contributed by atoms with Crippen LogP contribution in [0.5, 0.6) is 0 Å². The molecular formula is C20H17BrN4O3. The molecule has 0 spiro atoms. The fourth-order valence-corrected chi connectivity index (χ4v) is 3.71. The van der Waals surface area contributed by atoms with Gasteiger partial charge in [-0.3, -0.25) is 0 Å². The van der Waals surface area contributed by atoms with E-state index in [1.54, 1.807) is 29.4 Å². The van der Waals surface area contributed by atoms with Gasteiger partial charge in [-0.1, -0.05) is 40.2 Å². The molecule has 8 heteroatoms. The molecule has 0 aliphatic carbocycles. The molecule has 0 radical (unpaired) electrons. The standard InChI is InChI=1S/C20H17BrN4O3/c21-13-7-5-12(6-8-13)18-17-16(22-11-23-17)9-10-25(18)20(28)24-15-4-2-1-3-14(15)19(26)27/h1-8,11,18H,9-10H2,(H,22,23)(H,24,28)(H,26,27). The lowest BCUT2D eigenvalue weighted by Crippen LogP contribution is -2.43. The number of urea groups is 1. The highest BCUT2D eigenvalue weighted by Gasteiger charge is 2.34. The quantitative estimate of drug-likeness (QED) is 0.571. The number of carboxylic acids is 1. The summed E-state index contributed by atoms with van der Waals surface area (Å²) in [6, 6.07) is 13.4. The molecule has 2 heterocycles. The molecule has 142 valence electrons. The minimum Gasteiger partial charge on any atom is -0.478 e. The summed E-state index contributed by atoms with van der Waals surface area (Å²) >= 11 is 3.43. The van der Waals surface area contributed by atoms with Crippen molar-refractivity contribution in [1.29, 1.82) is 0 Å². The van der Waals surface area contributed by atoms with Crippen LogP contribution in [0.15, 0.2) is 59.3 Å². The number of benzene rings is 2. The van der Waals surface area contributed by atoms with Crippen molar-refractivity contribution < 1.29 is 14.7 Å². The highest BCUT2D eigenvalue weighted by Crippen LogP contribution is 2.34. The summed E-state index contributed by atoms with van der Waals surface area (Å²) in [6.45, 7) is 0.483. The number of carbonyl (C=O) groups is 2. The molecule has 1 aliphatic rings. The third-order valence-corrected chi connectivity index (χ3v) is 5.30. The second-order valence-electron chi connectivity index (χ2n) is 6.44. The predicted molar refractivity (Wildman–Crippen MR) is 107 cm³/mol. The summed E-state index contributed by atoms with van der Waals surface area (Å²) < 4.78 is 0.945. The van der Waals surface area contributed by atoms with E-state index in [0.29, 0.717) is 13.0 Å². The van der Waals surface area contributed by atoms with E-state index in [-0.39, 0.29) is 23.3 Å². The molecule has 0 saturated heterocycles. The number of fused-ring (bicyclic) bond motifs is 1. The number of imidazole rings is 1. The first kappa shape index (κ1) is 18.2. The van der Waals surface area contributed by atoms with Crippen LogP contribution in [0.25, 0.3) is 0 Å². The van der Waals surface area contributed by atoms with Crippen LogP contribution in [-0.2, 0) is 6.42 Å². The lowest BCUT2D eigenvalue weighted by Gasteiger charge is -2.35. The third-order valence-electron chi connectivity index (χ3n) is 4.77. The van der Waals surface area contributed by atoms with Gasteiger partial charge in [-0.25, -0.2) is 14.6 Å². The number of H-pyrrole nitrogens is 1. The Morgan fingerprint density at radius 1 is 1.18 bits per heavy atom. The molecule has 0 fully saturated rings.